The lowest BCUT2D eigenvalue weighted by atomic mass is 10.0. The largest absolute Gasteiger partial charge is 0.348 e. The number of sulfonamides is 1. The first kappa shape index (κ1) is 19.4. The van der Waals surface area contributed by atoms with Gasteiger partial charge in [-0.1, -0.05) is 44.2 Å². The van der Waals surface area contributed by atoms with Crippen LogP contribution in [0.5, 0.6) is 0 Å². The van der Waals surface area contributed by atoms with Crippen LogP contribution in [0.2, 0.25) is 0 Å². The van der Waals surface area contributed by atoms with Crippen LogP contribution in [0, 0.1) is 0 Å². The van der Waals surface area contributed by atoms with Crippen molar-refractivity contribution >= 4 is 21.6 Å². The third-order valence-corrected chi connectivity index (χ3v) is 6.71. The van der Waals surface area contributed by atoms with Crippen molar-refractivity contribution in [2.24, 2.45) is 0 Å². The van der Waals surface area contributed by atoms with Crippen LogP contribution in [0.25, 0.3) is 0 Å². The molecule has 144 valence electrons. The monoisotopic (exact) mass is 386 g/mol. The Morgan fingerprint density at radius 3 is 2.52 bits per heavy atom. The Bertz CT molecular complexity index is 905. The van der Waals surface area contributed by atoms with Crippen molar-refractivity contribution < 1.29 is 13.2 Å². The van der Waals surface area contributed by atoms with E-state index in [0.717, 1.165) is 12.0 Å². The summed E-state index contributed by atoms with van der Waals surface area (Å²) in [7, 11) is -3.28. The lowest BCUT2D eigenvalue weighted by Crippen LogP contribution is -2.38. The number of hydrogen-bond donors (Lipinski definition) is 1. The molecule has 1 N–H and O–H groups in total. The smallest absolute Gasteiger partial charge is 0.251 e. The Kier molecular flexibility index (Phi) is 5.85. The van der Waals surface area contributed by atoms with Crippen molar-refractivity contribution in [2.45, 2.75) is 39.2 Å². The maximum absolute atomic E-state index is 12.5. The number of nitrogens with one attached hydrogen (secondary N) is 1. The molecule has 27 heavy (non-hydrogen) atoms. The SMILES string of the molecule is CC(C)c1ccc(CNC(=O)c2cccc(N3CCCCS3(=O)=O)c2)cc1. The molecule has 0 aliphatic carbocycles. The van der Waals surface area contributed by atoms with E-state index in [-0.39, 0.29) is 11.7 Å². The van der Waals surface area contributed by atoms with Gasteiger partial charge in [-0.15, -0.1) is 0 Å². The minimum atomic E-state index is -3.28. The fraction of sp³-hybridized carbons (Fsp3) is 0.381. The van der Waals surface area contributed by atoms with Crippen LogP contribution in [-0.4, -0.2) is 26.6 Å². The average Bonchev–Trinajstić information content (AvgIpc) is 2.66. The summed E-state index contributed by atoms with van der Waals surface area (Å²) in [6, 6.07) is 15.0. The van der Waals surface area contributed by atoms with Crippen molar-refractivity contribution in [1.29, 1.82) is 0 Å². The van der Waals surface area contributed by atoms with Gasteiger partial charge in [0.05, 0.1) is 11.4 Å². The number of carbonyl (C=O) groups is 1. The molecule has 1 saturated heterocycles. The quantitative estimate of drug-likeness (QED) is 0.853. The number of nitrogens with zero attached hydrogens (tertiary/aromatic N) is 1. The summed E-state index contributed by atoms with van der Waals surface area (Å²) < 4.78 is 26.0. The van der Waals surface area contributed by atoms with E-state index in [4.69, 9.17) is 0 Å². The molecule has 2 aromatic rings. The summed E-state index contributed by atoms with van der Waals surface area (Å²) in [5, 5.41) is 2.91. The zero-order chi connectivity index (χ0) is 19.4. The molecule has 1 aliphatic rings. The first-order chi connectivity index (χ1) is 12.9. The molecule has 6 heteroatoms. The van der Waals surface area contributed by atoms with Gasteiger partial charge in [-0.05, 0) is 48.1 Å². The second-order valence-corrected chi connectivity index (χ2v) is 9.24. The number of carbonyl (C=O) groups excluding carboxylic acids is 1. The van der Waals surface area contributed by atoms with E-state index in [1.54, 1.807) is 24.3 Å². The minimum Gasteiger partial charge on any atom is -0.348 e. The highest BCUT2D eigenvalue weighted by atomic mass is 32.2. The van der Waals surface area contributed by atoms with Crippen LogP contribution in [0.1, 0.15) is 54.1 Å². The fourth-order valence-electron chi connectivity index (χ4n) is 3.19. The van der Waals surface area contributed by atoms with Crippen LogP contribution in [0.4, 0.5) is 5.69 Å². The molecule has 5 nitrogen and oxygen atoms in total. The van der Waals surface area contributed by atoms with Crippen molar-refractivity contribution in [3.63, 3.8) is 0 Å². The van der Waals surface area contributed by atoms with E-state index < -0.39 is 10.0 Å². The molecule has 0 unspecified atom stereocenters. The summed E-state index contributed by atoms with van der Waals surface area (Å²) in [6.45, 7) is 5.19. The van der Waals surface area contributed by atoms with E-state index in [2.05, 4.69) is 31.3 Å². The highest BCUT2D eigenvalue weighted by Gasteiger charge is 2.26. The molecule has 1 fully saturated rings. The second kappa shape index (κ2) is 8.13. The number of benzene rings is 2. The zero-order valence-corrected chi connectivity index (χ0v) is 16.6. The van der Waals surface area contributed by atoms with Gasteiger partial charge in [0.2, 0.25) is 10.0 Å². The molecular formula is C21H26N2O3S. The van der Waals surface area contributed by atoms with Gasteiger partial charge < -0.3 is 5.32 Å². The van der Waals surface area contributed by atoms with Gasteiger partial charge in [-0.2, -0.15) is 0 Å². The van der Waals surface area contributed by atoms with Crippen LogP contribution in [0.3, 0.4) is 0 Å². The Hall–Kier alpha value is -2.34. The third kappa shape index (κ3) is 4.69. The third-order valence-electron chi connectivity index (χ3n) is 4.85. The zero-order valence-electron chi connectivity index (χ0n) is 15.8. The lowest BCUT2D eigenvalue weighted by molar-refractivity contribution is 0.0951. The van der Waals surface area contributed by atoms with Gasteiger partial charge in [0.25, 0.3) is 5.91 Å². The van der Waals surface area contributed by atoms with Crippen molar-refractivity contribution in [3.05, 3.63) is 65.2 Å². The molecule has 3 rings (SSSR count). The van der Waals surface area contributed by atoms with Gasteiger partial charge in [0, 0.05) is 18.7 Å². The van der Waals surface area contributed by atoms with Crippen molar-refractivity contribution in [1.82, 2.24) is 5.32 Å². The van der Waals surface area contributed by atoms with E-state index in [1.807, 2.05) is 12.1 Å². The van der Waals surface area contributed by atoms with Gasteiger partial charge in [-0.25, -0.2) is 8.42 Å². The molecular weight excluding hydrogens is 360 g/mol. The van der Waals surface area contributed by atoms with E-state index in [0.29, 0.717) is 36.7 Å². The van der Waals surface area contributed by atoms with Gasteiger partial charge in [0.15, 0.2) is 0 Å². The number of hydrogen-bond acceptors (Lipinski definition) is 3. The number of anilines is 1. The standard InChI is InChI=1S/C21H26N2O3S/c1-16(2)18-10-8-17(9-11-18)15-22-21(24)19-6-5-7-20(14-19)23-12-3-4-13-27(23,25)26/h5-11,14,16H,3-4,12-13,15H2,1-2H3,(H,22,24). The van der Waals surface area contributed by atoms with Crippen LogP contribution >= 0.6 is 0 Å². The molecule has 0 atom stereocenters. The van der Waals surface area contributed by atoms with Crippen molar-refractivity contribution in [3.8, 4) is 0 Å². The molecule has 0 spiro atoms. The fourth-order valence-corrected chi connectivity index (χ4v) is 4.82. The maximum atomic E-state index is 12.5. The molecule has 0 bridgehead atoms. The Labute approximate surface area is 161 Å². The minimum absolute atomic E-state index is 0.162. The average molecular weight is 387 g/mol. The predicted octanol–water partition coefficient (Wildman–Crippen LogP) is 3.67. The predicted molar refractivity (Wildman–Crippen MR) is 109 cm³/mol. The highest BCUT2D eigenvalue weighted by Crippen LogP contribution is 2.24. The number of rotatable bonds is 5. The molecule has 0 aromatic heterocycles. The maximum Gasteiger partial charge on any atom is 0.251 e. The Morgan fingerprint density at radius 2 is 1.85 bits per heavy atom. The van der Waals surface area contributed by atoms with Crippen LogP contribution in [0.15, 0.2) is 48.5 Å². The van der Waals surface area contributed by atoms with Gasteiger partial charge in [0.1, 0.15) is 0 Å². The Morgan fingerprint density at radius 1 is 1.11 bits per heavy atom. The van der Waals surface area contributed by atoms with E-state index in [9.17, 15) is 13.2 Å². The highest BCUT2D eigenvalue weighted by molar-refractivity contribution is 7.92. The normalized spacial score (nSPS) is 16.3. The second-order valence-electron chi connectivity index (χ2n) is 7.22. The summed E-state index contributed by atoms with van der Waals surface area (Å²) in [5.74, 6) is 0.428. The summed E-state index contributed by atoms with van der Waals surface area (Å²) in [5.41, 5.74) is 3.32. The molecule has 0 radical (unpaired) electrons. The Balaban J connectivity index is 1.68. The van der Waals surface area contributed by atoms with Crippen molar-refractivity contribution in [2.75, 3.05) is 16.6 Å². The van der Waals surface area contributed by atoms with E-state index >= 15 is 0 Å². The molecule has 1 amide bonds. The number of amides is 1. The van der Waals surface area contributed by atoms with Crippen LogP contribution < -0.4 is 9.62 Å². The van der Waals surface area contributed by atoms with Gasteiger partial charge in [-0.3, -0.25) is 9.10 Å². The molecule has 2 aromatic carbocycles. The summed E-state index contributed by atoms with van der Waals surface area (Å²) in [6.07, 6.45) is 1.52. The molecule has 0 saturated carbocycles. The first-order valence-electron chi connectivity index (χ1n) is 9.34. The molecule has 1 heterocycles. The summed E-state index contributed by atoms with van der Waals surface area (Å²) >= 11 is 0. The van der Waals surface area contributed by atoms with Gasteiger partial charge >= 0.3 is 0 Å². The first-order valence-corrected chi connectivity index (χ1v) is 11.0. The van der Waals surface area contributed by atoms with E-state index in [1.165, 1.54) is 9.87 Å². The van der Waals surface area contributed by atoms with Crippen LogP contribution in [-0.2, 0) is 16.6 Å². The lowest BCUT2D eigenvalue weighted by Gasteiger charge is -2.28. The molecule has 1 aliphatic heterocycles. The summed E-state index contributed by atoms with van der Waals surface area (Å²) in [4.78, 5) is 12.5. The topological polar surface area (TPSA) is 66.5 Å².